The highest BCUT2D eigenvalue weighted by Crippen LogP contribution is 2.48. The first-order valence-electron chi connectivity index (χ1n) is 15.0. The molecular weight excluding hydrogens is 519 g/mol. The van der Waals surface area contributed by atoms with Crippen molar-refractivity contribution in [2.45, 2.75) is 0 Å². The van der Waals surface area contributed by atoms with Crippen LogP contribution in [0.4, 0.5) is 17.1 Å². The van der Waals surface area contributed by atoms with Crippen LogP contribution in [0.15, 0.2) is 152 Å². The third-order valence-corrected chi connectivity index (χ3v) is 9.56. The predicted octanol–water partition coefficient (Wildman–Crippen LogP) is 9.03. The van der Waals surface area contributed by atoms with Crippen molar-refractivity contribution >= 4 is 67.4 Å². The molecule has 0 amide bonds. The summed E-state index contributed by atoms with van der Waals surface area (Å²) in [5, 5.41) is 5.13. The zero-order chi connectivity index (χ0) is 28.1. The second-order valence-electron chi connectivity index (χ2n) is 11.7. The Morgan fingerprint density at radius 2 is 1.14 bits per heavy atom. The number of hydrogen-bond donors (Lipinski definition) is 0. The van der Waals surface area contributed by atoms with Crippen LogP contribution < -0.4 is 15.8 Å². The van der Waals surface area contributed by atoms with Gasteiger partial charge in [0.15, 0.2) is 0 Å². The van der Waals surface area contributed by atoms with Crippen molar-refractivity contribution in [3.63, 3.8) is 0 Å². The fourth-order valence-electron chi connectivity index (χ4n) is 7.87. The highest BCUT2D eigenvalue weighted by Gasteiger charge is 2.42. The van der Waals surface area contributed by atoms with Crippen LogP contribution in [0, 0.1) is 0 Å². The zero-order valence-electron chi connectivity index (χ0n) is 23.4. The maximum absolute atomic E-state index is 2.61. The lowest BCUT2D eigenvalue weighted by Crippen LogP contribution is -2.56. The molecule has 0 aliphatic carbocycles. The number of nitrogens with zero attached hydrogens (tertiary/aromatic N) is 2. The van der Waals surface area contributed by atoms with Gasteiger partial charge in [-0.2, -0.15) is 0 Å². The summed E-state index contributed by atoms with van der Waals surface area (Å²) in [6, 6.07) is 55.9. The average molecular weight is 544 g/mol. The quantitative estimate of drug-likeness (QED) is 0.197. The fourth-order valence-corrected chi connectivity index (χ4v) is 7.87. The lowest BCUT2D eigenvalue weighted by atomic mass is 9.45. The topological polar surface area (TPSA) is 8.17 Å². The summed E-state index contributed by atoms with van der Waals surface area (Å²) in [6.07, 6.45) is 0. The minimum absolute atomic E-state index is 0.0751. The van der Waals surface area contributed by atoms with E-state index in [1.165, 1.54) is 82.8 Å². The van der Waals surface area contributed by atoms with E-state index in [-0.39, 0.29) is 6.85 Å². The van der Waals surface area contributed by atoms with E-state index in [1.54, 1.807) is 0 Å². The van der Waals surface area contributed by atoms with E-state index < -0.39 is 0 Å². The standard InChI is InChI=1S/C40H25BN2/c1-2-12-26(13-3-1)29-25-24-27-14-4-5-15-28(27)39(29)42-36-22-9-7-20-34(36)41-38-31(17-11-23-37(38)42)33-19-10-18-32-30-16-6-8-21-35(30)43(41)40(32)33/h1-25H. The van der Waals surface area contributed by atoms with E-state index in [2.05, 4.69) is 161 Å². The number of para-hydroxylation sites is 3. The Kier molecular flexibility index (Phi) is 4.56. The number of hydrogen-bond acceptors (Lipinski definition) is 1. The molecule has 2 aliphatic heterocycles. The Morgan fingerprint density at radius 3 is 2.07 bits per heavy atom. The molecule has 0 saturated heterocycles. The van der Waals surface area contributed by atoms with E-state index in [0.717, 1.165) is 0 Å². The molecule has 0 unspecified atom stereocenters. The summed E-state index contributed by atoms with van der Waals surface area (Å²) in [7, 11) is 0. The van der Waals surface area contributed by atoms with Crippen molar-refractivity contribution in [1.82, 2.24) is 4.48 Å². The lowest BCUT2D eigenvalue weighted by molar-refractivity contribution is 1.26. The van der Waals surface area contributed by atoms with Crippen molar-refractivity contribution < 1.29 is 0 Å². The van der Waals surface area contributed by atoms with Crippen molar-refractivity contribution in [2.24, 2.45) is 0 Å². The molecule has 0 spiro atoms. The second kappa shape index (κ2) is 8.50. The minimum atomic E-state index is 0.0751. The Morgan fingerprint density at radius 1 is 0.442 bits per heavy atom. The molecule has 2 nitrogen and oxygen atoms in total. The van der Waals surface area contributed by atoms with Crippen LogP contribution >= 0.6 is 0 Å². The summed E-state index contributed by atoms with van der Waals surface area (Å²) < 4.78 is 2.61. The normalized spacial score (nSPS) is 13.0. The highest BCUT2D eigenvalue weighted by molar-refractivity contribution is 6.90. The van der Waals surface area contributed by atoms with Gasteiger partial charge in [0.05, 0.1) is 5.69 Å². The molecule has 7 aromatic carbocycles. The summed E-state index contributed by atoms with van der Waals surface area (Å²) in [5.41, 5.74) is 14.1. The highest BCUT2D eigenvalue weighted by atomic mass is 15.2. The van der Waals surface area contributed by atoms with Gasteiger partial charge in [0.2, 0.25) is 0 Å². The van der Waals surface area contributed by atoms with E-state index >= 15 is 0 Å². The van der Waals surface area contributed by atoms with Crippen LogP contribution in [-0.4, -0.2) is 11.3 Å². The van der Waals surface area contributed by atoms with Gasteiger partial charge in [0, 0.05) is 49.7 Å². The van der Waals surface area contributed by atoms with Gasteiger partial charge < -0.3 is 9.38 Å². The molecule has 0 saturated carbocycles. The summed E-state index contributed by atoms with van der Waals surface area (Å²) in [5.74, 6) is 0. The number of benzene rings is 7. The van der Waals surface area contributed by atoms with Crippen molar-refractivity contribution in [3.05, 3.63) is 152 Å². The van der Waals surface area contributed by atoms with E-state index in [1.807, 2.05) is 0 Å². The van der Waals surface area contributed by atoms with Gasteiger partial charge in [0.1, 0.15) is 0 Å². The first-order chi connectivity index (χ1) is 21.4. The Labute approximate surface area is 250 Å². The lowest BCUT2D eigenvalue weighted by Gasteiger charge is -2.41. The second-order valence-corrected chi connectivity index (χ2v) is 11.7. The Bertz CT molecular complexity index is 2420. The Hall–Kier alpha value is -5.54. The smallest absolute Gasteiger partial charge is 0.333 e. The molecule has 0 atom stereocenters. The molecule has 10 rings (SSSR count). The van der Waals surface area contributed by atoms with Gasteiger partial charge in [-0.15, -0.1) is 0 Å². The maximum atomic E-state index is 2.61. The molecule has 3 heterocycles. The molecule has 0 N–H and O–H groups in total. The largest absolute Gasteiger partial charge is 0.375 e. The first-order valence-corrected chi connectivity index (χ1v) is 15.0. The van der Waals surface area contributed by atoms with Gasteiger partial charge in [-0.25, -0.2) is 0 Å². The molecule has 8 aromatic rings. The monoisotopic (exact) mass is 544 g/mol. The van der Waals surface area contributed by atoms with Crippen molar-refractivity contribution in [2.75, 3.05) is 4.90 Å². The molecule has 0 radical (unpaired) electrons. The molecule has 0 fully saturated rings. The number of aromatic nitrogens is 1. The molecular formula is C40H25BN2. The number of rotatable bonds is 2. The molecule has 3 heteroatoms. The molecule has 198 valence electrons. The fraction of sp³-hybridized carbons (Fsp3) is 0. The van der Waals surface area contributed by atoms with Gasteiger partial charge in [0.25, 0.3) is 0 Å². The van der Waals surface area contributed by atoms with Gasteiger partial charge in [-0.05, 0) is 45.6 Å². The van der Waals surface area contributed by atoms with Crippen molar-refractivity contribution in [1.29, 1.82) is 0 Å². The average Bonchev–Trinajstić information content (AvgIpc) is 3.41. The van der Waals surface area contributed by atoms with Crippen LogP contribution in [0.3, 0.4) is 0 Å². The van der Waals surface area contributed by atoms with Crippen LogP contribution in [0.25, 0.3) is 54.8 Å². The minimum Gasteiger partial charge on any atom is -0.375 e. The van der Waals surface area contributed by atoms with Gasteiger partial charge in [-0.1, -0.05) is 133 Å². The SMILES string of the molecule is c1ccc(-c2ccc3ccccc3c2N2c3ccccc3B3c4c(cccc42)-c2cccc4c5ccccc5n3c24)cc1. The van der Waals surface area contributed by atoms with E-state index in [4.69, 9.17) is 0 Å². The summed E-state index contributed by atoms with van der Waals surface area (Å²) >= 11 is 0. The van der Waals surface area contributed by atoms with E-state index in [9.17, 15) is 0 Å². The van der Waals surface area contributed by atoms with Crippen LogP contribution in [0.1, 0.15) is 0 Å². The van der Waals surface area contributed by atoms with Crippen molar-refractivity contribution in [3.8, 4) is 22.3 Å². The third-order valence-electron chi connectivity index (χ3n) is 9.56. The third kappa shape index (κ3) is 2.98. The summed E-state index contributed by atoms with van der Waals surface area (Å²) in [4.78, 5) is 2.55. The number of anilines is 3. The predicted molar refractivity (Wildman–Crippen MR) is 183 cm³/mol. The van der Waals surface area contributed by atoms with Crippen LogP contribution in [0.5, 0.6) is 0 Å². The molecule has 0 bridgehead atoms. The van der Waals surface area contributed by atoms with E-state index in [0.29, 0.717) is 0 Å². The maximum Gasteiger partial charge on any atom is 0.333 e. The summed E-state index contributed by atoms with van der Waals surface area (Å²) in [6.45, 7) is 0.0751. The van der Waals surface area contributed by atoms with Gasteiger partial charge in [-0.3, -0.25) is 0 Å². The first kappa shape index (κ1) is 23.1. The van der Waals surface area contributed by atoms with Crippen LogP contribution in [-0.2, 0) is 0 Å². The molecule has 1 aromatic heterocycles. The molecule has 43 heavy (non-hydrogen) atoms. The zero-order valence-corrected chi connectivity index (χ0v) is 23.4. The van der Waals surface area contributed by atoms with Crippen LogP contribution in [0.2, 0.25) is 0 Å². The Balaban J connectivity index is 1.37. The van der Waals surface area contributed by atoms with Gasteiger partial charge >= 0.3 is 6.85 Å². The molecule has 2 aliphatic rings. The number of fused-ring (bicyclic) bond motifs is 8.